The van der Waals surface area contributed by atoms with Crippen molar-refractivity contribution < 1.29 is 14.7 Å². The molecule has 78 valence electrons. The summed E-state index contributed by atoms with van der Waals surface area (Å²) in [5.74, 6) is 0. The lowest BCUT2D eigenvalue weighted by Crippen LogP contribution is -2.41. The fourth-order valence-electron chi connectivity index (χ4n) is 1.19. The molecule has 1 fully saturated rings. The van der Waals surface area contributed by atoms with Gasteiger partial charge in [0.1, 0.15) is 0 Å². The van der Waals surface area contributed by atoms with Crippen molar-refractivity contribution in [1.82, 2.24) is 0 Å². The first-order chi connectivity index (χ1) is 6.34. The Morgan fingerprint density at radius 3 is 1.93 bits per heavy atom. The normalized spacial score (nSPS) is 25.1. The molecule has 0 atom stereocenters. The summed E-state index contributed by atoms with van der Waals surface area (Å²) in [6.45, 7) is 7.94. The van der Waals surface area contributed by atoms with Gasteiger partial charge in [0, 0.05) is 0 Å². The van der Waals surface area contributed by atoms with Gasteiger partial charge in [-0.1, -0.05) is 0 Å². The summed E-state index contributed by atoms with van der Waals surface area (Å²) < 4.78 is 11.5. The Labute approximate surface area is 85.1 Å². The minimum atomic E-state index is -0.463. The van der Waals surface area contributed by atoms with E-state index in [9.17, 15) is 0 Å². The van der Waals surface area contributed by atoms with Crippen molar-refractivity contribution in [2.45, 2.75) is 38.9 Å². The smallest absolute Gasteiger partial charge is 0.405 e. The summed E-state index contributed by atoms with van der Waals surface area (Å²) in [4.78, 5) is 0. The van der Waals surface area contributed by atoms with Crippen LogP contribution in [-0.2, 0) is 9.31 Å². The summed E-state index contributed by atoms with van der Waals surface area (Å²) in [6.07, 6.45) is 2.81. The molecule has 1 heterocycles. The van der Waals surface area contributed by atoms with Crippen LogP contribution in [0.25, 0.3) is 0 Å². The summed E-state index contributed by atoms with van der Waals surface area (Å²) in [5.41, 5.74) is 5.36. The van der Waals surface area contributed by atoms with Crippen molar-refractivity contribution in [2.24, 2.45) is 5.73 Å². The van der Waals surface area contributed by atoms with Gasteiger partial charge in [0.05, 0.1) is 16.7 Å². The van der Waals surface area contributed by atoms with Crippen LogP contribution in [-0.4, -0.2) is 24.5 Å². The molecule has 1 saturated heterocycles. The Kier molecular flexibility index (Phi) is 2.74. The van der Waals surface area contributed by atoms with Gasteiger partial charge in [0.2, 0.25) is 0 Å². The van der Waals surface area contributed by atoms with Gasteiger partial charge in [-0.15, -0.1) is 0 Å². The molecule has 5 heteroatoms. The molecule has 14 heavy (non-hydrogen) atoms. The van der Waals surface area contributed by atoms with E-state index in [-0.39, 0.29) is 11.2 Å². The van der Waals surface area contributed by atoms with Crippen molar-refractivity contribution in [3.8, 4) is 0 Å². The Morgan fingerprint density at radius 2 is 1.64 bits per heavy atom. The maximum atomic E-state index is 5.73. The zero-order chi connectivity index (χ0) is 11.0. The maximum Gasteiger partial charge on any atom is 0.502 e. The fourth-order valence-corrected chi connectivity index (χ4v) is 1.19. The molecule has 1 aliphatic heterocycles. The van der Waals surface area contributed by atoms with E-state index in [0.29, 0.717) is 5.47 Å². The molecule has 0 saturated carbocycles. The van der Waals surface area contributed by atoms with Crippen LogP contribution in [0.2, 0.25) is 0 Å². The van der Waals surface area contributed by atoms with Crippen molar-refractivity contribution in [1.29, 1.82) is 0 Å². The monoisotopic (exact) mass is 197 g/mol. The maximum absolute atomic E-state index is 5.73. The second-order valence-electron chi connectivity index (χ2n) is 4.42. The first-order valence-electron chi connectivity index (χ1n) is 4.66. The average Bonchev–Trinajstić information content (AvgIpc) is 2.23. The largest absolute Gasteiger partial charge is 0.502 e. The second kappa shape index (κ2) is 3.40. The highest BCUT2D eigenvalue weighted by Crippen LogP contribution is 2.37. The third-order valence-electron chi connectivity index (χ3n) is 2.91. The minimum Gasteiger partial charge on any atom is -0.405 e. The molecule has 0 aromatic rings. The van der Waals surface area contributed by atoms with Crippen LogP contribution >= 0.6 is 0 Å². The summed E-state index contributed by atoms with van der Waals surface area (Å²) in [5, 5.41) is 5.41. The van der Waals surface area contributed by atoms with Gasteiger partial charge in [0.15, 0.2) is 6.21 Å². The zero-order valence-corrected chi connectivity index (χ0v) is 9.20. The van der Waals surface area contributed by atoms with Crippen molar-refractivity contribution in [3.05, 3.63) is 11.7 Å². The van der Waals surface area contributed by atoms with E-state index in [1.807, 2.05) is 27.7 Å². The number of allylic oxidation sites excluding steroid dienone is 1. The number of rotatable bonds is 2. The van der Waals surface area contributed by atoms with E-state index in [4.69, 9.17) is 20.5 Å². The first kappa shape index (κ1) is 11.3. The molecule has 0 unspecified atom stereocenters. The van der Waals surface area contributed by atoms with E-state index in [1.165, 1.54) is 12.4 Å². The Morgan fingerprint density at radius 1 is 1.21 bits per heavy atom. The van der Waals surface area contributed by atoms with Gasteiger partial charge in [-0.2, -0.15) is 0 Å². The Hall–Kier alpha value is -0.805. The molecule has 1 aliphatic rings. The molecular formula is C9H18BN2O2+. The second-order valence-corrected chi connectivity index (χ2v) is 4.42. The third-order valence-corrected chi connectivity index (χ3v) is 2.91. The topological polar surface area (TPSA) is 70.1 Å². The van der Waals surface area contributed by atoms with Gasteiger partial charge in [0.25, 0.3) is 0 Å². The van der Waals surface area contributed by atoms with Crippen LogP contribution in [0.5, 0.6) is 0 Å². The zero-order valence-electron chi connectivity index (χ0n) is 9.20. The van der Waals surface area contributed by atoms with Crippen molar-refractivity contribution >= 4 is 13.3 Å². The average molecular weight is 197 g/mol. The van der Waals surface area contributed by atoms with E-state index in [1.54, 1.807) is 0 Å². The van der Waals surface area contributed by atoms with E-state index in [2.05, 4.69) is 0 Å². The van der Waals surface area contributed by atoms with E-state index < -0.39 is 7.12 Å². The molecule has 0 aromatic heterocycles. The van der Waals surface area contributed by atoms with E-state index in [0.717, 1.165) is 0 Å². The summed E-state index contributed by atoms with van der Waals surface area (Å²) in [7, 11) is -0.463. The fraction of sp³-hybridized carbons (Fsp3) is 0.667. The highest BCUT2D eigenvalue weighted by atomic mass is 16.7. The molecular weight excluding hydrogens is 179 g/mol. The van der Waals surface area contributed by atoms with Crippen LogP contribution in [0.1, 0.15) is 27.7 Å². The predicted molar refractivity (Wildman–Crippen MR) is 56.3 cm³/mol. The van der Waals surface area contributed by atoms with Crippen molar-refractivity contribution in [3.63, 3.8) is 0 Å². The number of hydrogen-bond acceptors (Lipinski definition) is 3. The Bertz CT molecular complexity index is 258. The van der Waals surface area contributed by atoms with E-state index >= 15 is 0 Å². The lowest BCUT2D eigenvalue weighted by molar-refractivity contribution is -0.104. The molecule has 0 aromatic carbocycles. The lowest BCUT2D eigenvalue weighted by atomic mass is 9.79. The minimum absolute atomic E-state index is 0.352. The third kappa shape index (κ3) is 1.70. The quantitative estimate of drug-likeness (QED) is 0.453. The van der Waals surface area contributed by atoms with Crippen LogP contribution in [0.4, 0.5) is 0 Å². The number of nitrogens with two attached hydrogens (primary N) is 2. The highest BCUT2D eigenvalue weighted by molar-refractivity contribution is 6.60. The summed E-state index contributed by atoms with van der Waals surface area (Å²) >= 11 is 0. The molecule has 0 spiro atoms. The van der Waals surface area contributed by atoms with Gasteiger partial charge in [-0.25, -0.2) is 0 Å². The van der Waals surface area contributed by atoms with Crippen LogP contribution < -0.4 is 11.1 Å². The molecule has 0 aliphatic carbocycles. The molecule has 0 amide bonds. The SMILES string of the molecule is CC1(C)OB(/C(C=[NH2+])=C/N)OC1(C)C. The molecule has 1 rings (SSSR count). The summed E-state index contributed by atoms with van der Waals surface area (Å²) in [6, 6.07) is 0. The standard InChI is InChI=1S/C9H17BN2O2/c1-8(2)9(3,4)14-10(13-8)7(5-11)6-12/h5-6,11H,12H2,1-4H3/p+1/b7-6+,11-5?. The molecule has 4 N–H and O–H groups in total. The van der Waals surface area contributed by atoms with Crippen LogP contribution in [0, 0.1) is 0 Å². The molecule has 4 nitrogen and oxygen atoms in total. The number of hydrogen-bond donors (Lipinski definition) is 2. The Balaban J connectivity index is 2.88. The van der Waals surface area contributed by atoms with Gasteiger partial charge in [-0.3, -0.25) is 5.41 Å². The first-order valence-corrected chi connectivity index (χ1v) is 4.66. The van der Waals surface area contributed by atoms with Crippen LogP contribution in [0.3, 0.4) is 0 Å². The van der Waals surface area contributed by atoms with Gasteiger partial charge >= 0.3 is 7.12 Å². The predicted octanol–water partition coefficient (Wildman–Crippen LogP) is -0.710. The van der Waals surface area contributed by atoms with Gasteiger partial charge in [-0.05, 0) is 33.9 Å². The van der Waals surface area contributed by atoms with Gasteiger partial charge < -0.3 is 15.0 Å². The van der Waals surface area contributed by atoms with Crippen molar-refractivity contribution in [2.75, 3.05) is 0 Å². The molecule has 0 bridgehead atoms. The lowest BCUT2D eigenvalue weighted by Gasteiger charge is -2.32. The molecule has 0 radical (unpaired) electrons. The highest BCUT2D eigenvalue weighted by Gasteiger charge is 2.52. The van der Waals surface area contributed by atoms with Crippen LogP contribution in [0.15, 0.2) is 11.7 Å².